The Kier molecular flexibility index (Phi) is 5.33. The topological polar surface area (TPSA) is 78.4 Å². The van der Waals surface area contributed by atoms with Crippen LogP contribution in [-0.2, 0) is 4.79 Å². The van der Waals surface area contributed by atoms with Gasteiger partial charge in [0, 0.05) is 5.69 Å². The summed E-state index contributed by atoms with van der Waals surface area (Å²) >= 11 is 3.05. The lowest BCUT2D eigenvalue weighted by Gasteiger charge is -2.27. The van der Waals surface area contributed by atoms with Crippen LogP contribution < -0.4 is 10.6 Å². The largest absolute Gasteiger partial charge is 0.480 e. The number of nitrogens with one attached hydrogen (secondary N) is 2. The van der Waals surface area contributed by atoms with Crippen molar-refractivity contribution in [1.82, 2.24) is 5.32 Å². The number of carbonyl (C=O) groups excluding carboxylic acids is 1. The van der Waals surface area contributed by atoms with E-state index in [1.807, 2.05) is 0 Å². The molecule has 0 spiro atoms. The molecule has 5 nitrogen and oxygen atoms in total. The molecule has 1 aromatic rings. The smallest absolute Gasteiger partial charge is 0.326 e. The number of amides is 2. The minimum absolute atomic E-state index is 0.284. The summed E-state index contributed by atoms with van der Waals surface area (Å²) in [6.45, 7) is 6.82. The number of hydrogen-bond donors (Lipinski definition) is 3. The molecular weight excluding hydrogens is 343 g/mol. The molecule has 1 rings (SSSR count). The molecule has 0 aromatic heterocycles. The van der Waals surface area contributed by atoms with Crippen molar-refractivity contribution in [3.05, 3.63) is 28.0 Å². The summed E-state index contributed by atoms with van der Waals surface area (Å²) < 4.78 is 13.8. The predicted molar refractivity (Wildman–Crippen MR) is 81.9 cm³/mol. The quantitative estimate of drug-likeness (QED) is 0.771. The Labute approximate surface area is 131 Å². The zero-order valence-corrected chi connectivity index (χ0v) is 13.8. The Morgan fingerprint density at radius 3 is 2.38 bits per heavy atom. The first-order chi connectivity index (χ1) is 9.52. The standard InChI is InChI=1S/C14H18BrFN2O3/c1-7-5-8(15)9(16)6-10(7)17-13(21)18-11(12(19)20)14(2,3)4/h5-6,11H,1-4H3,(H,19,20)(H2,17,18,21). The average molecular weight is 361 g/mol. The molecule has 0 saturated heterocycles. The van der Waals surface area contributed by atoms with Crippen molar-refractivity contribution in [1.29, 1.82) is 0 Å². The zero-order chi connectivity index (χ0) is 16.4. The summed E-state index contributed by atoms with van der Waals surface area (Å²) in [6.07, 6.45) is 0. The number of aryl methyl sites for hydroxylation is 1. The van der Waals surface area contributed by atoms with Crippen molar-refractivity contribution in [3.63, 3.8) is 0 Å². The van der Waals surface area contributed by atoms with E-state index in [-0.39, 0.29) is 5.69 Å². The van der Waals surface area contributed by atoms with Gasteiger partial charge in [-0.3, -0.25) is 0 Å². The number of carboxylic acids is 1. The normalized spacial score (nSPS) is 12.7. The van der Waals surface area contributed by atoms with Crippen LogP contribution in [0.15, 0.2) is 16.6 Å². The van der Waals surface area contributed by atoms with Crippen LogP contribution in [0.25, 0.3) is 0 Å². The molecule has 0 radical (unpaired) electrons. The van der Waals surface area contributed by atoms with Crippen LogP contribution in [0.5, 0.6) is 0 Å². The summed E-state index contributed by atoms with van der Waals surface area (Å²) in [7, 11) is 0. The second-order valence-corrected chi connectivity index (χ2v) is 6.67. The first-order valence-corrected chi connectivity index (χ1v) is 7.07. The Morgan fingerprint density at radius 2 is 1.90 bits per heavy atom. The number of urea groups is 1. The van der Waals surface area contributed by atoms with Gasteiger partial charge in [0.25, 0.3) is 0 Å². The molecule has 2 amide bonds. The van der Waals surface area contributed by atoms with Crippen molar-refractivity contribution in [2.24, 2.45) is 5.41 Å². The highest BCUT2D eigenvalue weighted by Gasteiger charge is 2.32. The molecule has 3 N–H and O–H groups in total. The minimum Gasteiger partial charge on any atom is -0.480 e. The van der Waals surface area contributed by atoms with Gasteiger partial charge in [0.15, 0.2) is 0 Å². The number of halogens is 2. The third-order valence-electron chi connectivity index (χ3n) is 2.90. The highest BCUT2D eigenvalue weighted by Crippen LogP contribution is 2.24. The van der Waals surface area contributed by atoms with Crippen LogP contribution in [0.2, 0.25) is 0 Å². The number of anilines is 1. The van der Waals surface area contributed by atoms with E-state index in [4.69, 9.17) is 5.11 Å². The van der Waals surface area contributed by atoms with Gasteiger partial charge in [0.05, 0.1) is 4.47 Å². The van der Waals surface area contributed by atoms with Gasteiger partial charge >= 0.3 is 12.0 Å². The highest BCUT2D eigenvalue weighted by molar-refractivity contribution is 9.10. The molecule has 0 bridgehead atoms. The summed E-state index contributed by atoms with van der Waals surface area (Å²) in [5, 5.41) is 14.0. The lowest BCUT2D eigenvalue weighted by molar-refractivity contribution is -0.141. The van der Waals surface area contributed by atoms with E-state index in [1.54, 1.807) is 27.7 Å². The van der Waals surface area contributed by atoms with Crippen LogP contribution in [-0.4, -0.2) is 23.1 Å². The molecule has 1 unspecified atom stereocenters. The Hall–Kier alpha value is -1.63. The maximum absolute atomic E-state index is 13.5. The van der Waals surface area contributed by atoms with Crippen molar-refractivity contribution >= 4 is 33.6 Å². The summed E-state index contributed by atoms with van der Waals surface area (Å²) in [4.78, 5) is 23.1. The Balaban J connectivity index is 2.87. The average Bonchev–Trinajstić information content (AvgIpc) is 2.31. The molecule has 1 aromatic carbocycles. The fraction of sp³-hybridized carbons (Fsp3) is 0.429. The fourth-order valence-electron chi connectivity index (χ4n) is 1.72. The third-order valence-corrected chi connectivity index (χ3v) is 3.51. The van der Waals surface area contributed by atoms with E-state index in [0.29, 0.717) is 10.0 Å². The second kappa shape index (κ2) is 6.43. The number of hydrogen-bond acceptors (Lipinski definition) is 2. The number of aliphatic carboxylic acids is 1. The maximum atomic E-state index is 13.5. The van der Waals surface area contributed by atoms with Crippen LogP contribution in [0.4, 0.5) is 14.9 Å². The van der Waals surface area contributed by atoms with Crippen molar-refractivity contribution in [3.8, 4) is 0 Å². The van der Waals surface area contributed by atoms with Crippen LogP contribution in [0.3, 0.4) is 0 Å². The van der Waals surface area contributed by atoms with Gasteiger partial charge in [-0.15, -0.1) is 0 Å². The van der Waals surface area contributed by atoms with Crippen molar-refractivity contribution in [2.75, 3.05) is 5.32 Å². The van der Waals surface area contributed by atoms with Gasteiger partial charge in [-0.2, -0.15) is 0 Å². The lowest BCUT2D eigenvalue weighted by Crippen LogP contribution is -2.50. The third kappa shape index (κ3) is 4.70. The molecule has 0 aliphatic carbocycles. The van der Waals surface area contributed by atoms with Gasteiger partial charge in [-0.1, -0.05) is 20.8 Å². The molecule has 21 heavy (non-hydrogen) atoms. The lowest BCUT2D eigenvalue weighted by atomic mass is 9.87. The first kappa shape index (κ1) is 17.4. The predicted octanol–water partition coefficient (Wildman–Crippen LogP) is 3.52. The number of carboxylic acid groups (broad SMARTS) is 1. The van der Waals surface area contributed by atoms with E-state index < -0.39 is 29.3 Å². The Bertz CT molecular complexity index is 570. The Morgan fingerprint density at radius 1 is 1.33 bits per heavy atom. The summed E-state index contributed by atoms with van der Waals surface area (Å²) in [6, 6.07) is 0.954. The summed E-state index contributed by atoms with van der Waals surface area (Å²) in [5.74, 6) is -1.64. The second-order valence-electron chi connectivity index (χ2n) is 5.82. The van der Waals surface area contributed by atoms with Crippen LogP contribution >= 0.6 is 15.9 Å². The molecule has 116 valence electrons. The van der Waals surface area contributed by atoms with Crippen molar-refractivity contribution in [2.45, 2.75) is 33.7 Å². The van der Waals surface area contributed by atoms with E-state index in [2.05, 4.69) is 26.6 Å². The van der Waals surface area contributed by atoms with Crippen molar-refractivity contribution < 1.29 is 19.1 Å². The minimum atomic E-state index is -1.13. The number of rotatable bonds is 3. The van der Waals surface area contributed by atoms with Crippen LogP contribution in [0.1, 0.15) is 26.3 Å². The van der Waals surface area contributed by atoms with Gasteiger partial charge in [-0.25, -0.2) is 14.0 Å². The molecule has 0 aliphatic rings. The summed E-state index contributed by atoms with van der Waals surface area (Å²) in [5.41, 5.74) is 0.288. The van der Waals surface area contributed by atoms with Gasteiger partial charge in [0.1, 0.15) is 11.9 Å². The van der Waals surface area contributed by atoms with E-state index in [1.165, 1.54) is 12.1 Å². The molecule has 7 heteroatoms. The number of carbonyl (C=O) groups is 2. The van der Waals surface area contributed by atoms with Gasteiger partial charge in [-0.05, 0) is 46.0 Å². The molecule has 0 heterocycles. The molecular formula is C14H18BrFN2O3. The molecule has 1 atom stereocenters. The van der Waals surface area contributed by atoms with Gasteiger partial charge in [0.2, 0.25) is 0 Å². The van der Waals surface area contributed by atoms with Gasteiger partial charge < -0.3 is 15.7 Å². The number of benzene rings is 1. The van der Waals surface area contributed by atoms with E-state index >= 15 is 0 Å². The van der Waals surface area contributed by atoms with E-state index in [0.717, 1.165) is 0 Å². The molecule has 0 aliphatic heterocycles. The highest BCUT2D eigenvalue weighted by atomic mass is 79.9. The first-order valence-electron chi connectivity index (χ1n) is 6.28. The molecule has 0 saturated carbocycles. The molecule has 0 fully saturated rings. The van der Waals surface area contributed by atoms with E-state index in [9.17, 15) is 14.0 Å². The van der Waals surface area contributed by atoms with Crippen LogP contribution in [0, 0.1) is 18.2 Å². The monoisotopic (exact) mass is 360 g/mol. The maximum Gasteiger partial charge on any atom is 0.326 e. The zero-order valence-electron chi connectivity index (χ0n) is 12.3. The fourth-order valence-corrected chi connectivity index (χ4v) is 2.18. The SMILES string of the molecule is Cc1cc(Br)c(F)cc1NC(=O)NC(C(=O)O)C(C)(C)C.